The molecule has 0 bridgehead atoms. The molecule has 0 unspecified atom stereocenters. The molecule has 0 spiro atoms. The zero-order valence-electron chi connectivity index (χ0n) is 12.2. The van der Waals surface area contributed by atoms with Crippen LogP contribution in [0.4, 0.5) is 0 Å². The van der Waals surface area contributed by atoms with E-state index in [0.717, 1.165) is 5.56 Å². The molecule has 0 atom stereocenters. The Bertz CT molecular complexity index is 944. The van der Waals surface area contributed by atoms with E-state index < -0.39 is 0 Å². The fourth-order valence-electron chi connectivity index (χ4n) is 2.12. The third kappa shape index (κ3) is 3.47. The summed E-state index contributed by atoms with van der Waals surface area (Å²) in [6, 6.07) is 20.1. The molecule has 23 heavy (non-hydrogen) atoms. The molecule has 0 radical (unpaired) electrons. The normalized spacial score (nSPS) is 10.1. The van der Waals surface area contributed by atoms with Gasteiger partial charge >= 0.3 is 0 Å². The molecule has 2 heterocycles. The van der Waals surface area contributed by atoms with Crippen LogP contribution in [-0.2, 0) is 0 Å². The summed E-state index contributed by atoms with van der Waals surface area (Å²) in [6.45, 7) is 0. The van der Waals surface area contributed by atoms with Gasteiger partial charge in [-0.3, -0.25) is 4.79 Å². The number of rotatable bonds is 1. The van der Waals surface area contributed by atoms with Crippen LogP contribution < -0.4 is 5.56 Å². The van der Waals surface area contributed by atoms with Crippen LogP contribution in [0.3, 0.4) is 0 Å². The summed E-state index contributed by atoms with van der Waals surface area (Å²) in [5.41, 5.74) is 1.96. The summed E-state index contributed by atoms with van der Waals surface area (Å²) in [5.74, 6) is 0.917. The summed E-state index contributed by atoms with van der Waals surface area (Å²) in [7, 11) is 0. The van der Waals surface area contributed by atoms with Crippen molar-refractivity contribution in [3.63, 3.8) is 0 Å². The second-order valence-corrected chi connectivity index (χ2v) is 4.85. The molecule has 0 saturated heterocycles. The molecule has 0 fully saturated rings. The van der Waals surface area contributed by atoms with Crippen molar-refractivity contribution in [3.8, 4) is 17.1 Å². The van der Waals surface area contributed by atoms with E-state index >= 15 is 0 Å². The van der Waals surface area contributed by atoms with E-state index in [-0.39, 0.29) is 5.56 Å². The van der Waals surface area contributed by atoms with Gasteiger partial charge in [-0.05, 0) is 18.2 Å². The average molecular weight is 305 g/mol. The minimum absolute atomic E-state index is 0.145. The van der Waals surface area contributed by atoms with Crippen molar-refractivity contribution in [3.05, 3.63) is 83.3 Å². The molecule has 4 rings (SSSR count). The largest absolute Gasteiger partial charge is 0.508 e. The maximum Gasteiger partial charge on any atom is 0.275 e. The minimum atomic E-state index is -0.145. The van der Waals surface area contributed by atoms with E-state index in [1.807, 2.05) is 36.4 Å². The number of H-pyrrole nitrogens is 2. The number of aromatic amines is 2. The number of benzene rings is 2. The van der Waals surface area contributed by atoms with Crippen LogP contribution in [0.25, 0.3) is 22.4 Å². The molecular weight excluding hydrogens is 290 g/mol. The number of hydrogen-bond acceptors (Lipinski definition) is 3. The SMILES string of the molecule is O=c1[nH]c(-c2ccccc2)nc2cc[nH]c12.Oc1ccccc1. The van der Waals surface area contributed by atoms with Crippen molar-refractivity contribution in [2.24, 2.45) is 0 Å². The minimum Gasteiger partial charge on any atom is -0.508 e. The van der Waals surface area contributed by atoms with Crippen molar-refractivity contribution in [1.29, 1.82) is 0 Å². The highest BCUT2D eigenvalue weighted by atomic mass is 16.3. The van der Waals surface area contributed by atoms with Crippen LogP contribution in [0.1, 0.15) is 0 Å². The number of para-hydroxylation sites is 1. The number of fused-ring (bicyclic) bond motifs is 1. The van der Waals surface area contributed by atoms with Gasteiger partial charge in [0, 0.05) is 11.8 Å². The summed E-state index contributed by atoms with van der Waals surface area (Å²) < 4.78 is 0. The number of hydrogen-bond donors (Lipinski definition) is 3. The second kappa shape index (κ2) is 6.62. The first-order valence-corrected chi connectivity index (χ1v) is 7.11. The van der Waals surface area contributed by atoms with E-state index in [0.29, 0.717) is 22.6 Å². The monoisotopic (exact) mass is 305 g/mol. The van der Waals surface area contributed by atoms with Gasteiger partial charge in [0.1, 0.15) is 17.1 Å². The first-order chi connectivity index (χ1) is 11.2. The lowest BCUT2D eigenvalue weighted by atomic mass is 10.2. The number of nitrogens with one attached hydrogen (secondary N) is 2. The lowest BCUT2D eigenvalue weighted by Gasteiger charge is -1.99. The number of nitrogens with zero attached hydrogens (tertiary/aromatic N) is 1. The predicted octanol–water partition coefficient (Wildman–Crippen LogP) is 3.31. The molecule has 3 N–H and O–H groups in total. The molecule has 4 aromatic rings. The molecule has 0 aliphatic heterocycles. The van der Waals surface area contributed by atoms with Crippen LogP contribution in [0.15, 0.2) is 77.7 Å². The maximum absolute atomic E-state index is 11.7. The zero-order chi connectivity index (χ0) is 16.1. The summed E-state index contributed by atoms with van der Waals surface area (Å²) >= 11 is 0. The first kappa shape index (κ1) is 14.6. The first-order valence-electron chi connectivity index (χ1n) is 7.11. The molecular formula is C18H15N3O2. The van der Waals surface area contributed by atoms with Gasteiger partial charge in [0.15, 0.2) is 0 Å². The Kier molecular flexibility index (Phi) is 4.20. The summed E-state index contributed by atoms with van der Waals surface area (Å²) in [6.07, 6.45) is 1.71. The molecule has 2 aromatic carbocycles. The molecule has 0 amide bonds. The van der Waals surface area contributed by atoms with E-state index in [1.54, 1.807) is 36.5 Å². The van der Waals surface area contributed by atoms with Crippen LogP contribution in [0.2, 0.25) is 0 Å². The van der Waals surface area contributed by atoms with Gasteiger partial charge in [-0.25, -0.2) is 4.98 Å². The fraction of sp³-hybridized carbons (Fsp3) is 0. The molecule has 0 aliphatic carbocycles. The Morgan fingerprint density at radius 1 is 0.870 bits per heavy atom. The number of phenols is 1. The Hall–Kier alpha value is -3.34. The van der Waals surface area contributed by atoms with Crippen LogP contribution >= 0.6 is 0 Å². The molecule has 5 nitrogen and oxygen atoms in total. The van der Waals surface area contributed by atoms with Gasteiger partial charge in [0.05, 0.1) is 5.52 Å². The lowest BCUT2D eigenvalue weighted by molar-refractivity contribution is 0.475. The van der Waals surface area contributed by atoms with Gasteiger partial charge in [0.25, 0.3) is 5.56 Å². The maximum atomic E-state index is 11.7. The van der Waals surface area contributed by atoms with E-state index in [2.05, 4.69) is 15.0 Å². The Balaban J connectivity index is 0.000000188. The Morgan fingerprint density at radius 2 is 1.52 bits per heavy atom. The van der Waals surface area contributed by atoms with E-state index in [4.69, 9.17) is 5.11 Å². The second-order valence-electron chi connectivity index (χ2n) is 4.85. The van der Waals surface area contributed by atoms with Gasteiger partial charge in [-0.2, -0.15) is 0 Å². The Labute approximate surface area is 132 Å². The third-order valence-electron chi connectivity index (χ3n) is 3.22. The molecule has 114 valence electrons. The topological polar surface area (TPSA) is 81.8 Å². The number of phenolic OH excluding ortho intramolecular Hbond substituents is 1. The molecule has 2 aromatic heterocycles. The smallest absolute Gasteiger partial charge is 0.275 e. The van der Waals surface area contributed by atoms with Crippen LogP contribution in [-0.4, -0.2) is 20.1 Å². The van der Waals surface area contributed by atoms with Gasteiger partial charge in [-0.1, -0.05) is 48.5 Å². The van der Waals surface area contributed by atoms with Gasteiger partial charge in [-0.15, -0.1) is 0 Å². The van der Waals surface area contributed by atoms with E-state index in [9.17, 15) is 4.79 Å². The van der Waals surface area contributed by atoms with E-state index in [1.165, 1.54) is 0 Å². The molecule has 5 heteroatoms. The highest BCUT2D eigenvalue weighted by Crippen LogP contribution is 2.14. The molecule has 0 aliphatic rings. The lowest BCUT2D eigenvalue weighted by Crippen LogP contribution is -2.09. The fourth-order valence-corrected chi connectivity index (χ4v) is 2.12. The average Bonchev–Trinajstić information content (AvgIpc) is 3.06. The van der Waals surface area contributed by atoms with Gasteiger partial charge in [0.2, 0.25) is 0 Å². The highest BCUT2D eigenvalue weighted by molar-refractivity contribution is 5.75. The quantitative estimate of drug-likeness (QED) is 0.504. The van der Waals surface area contributed by atoms with Crippen LogP contribution in [0, 0.1) is 0 Å². The van der Waals surface area contributed by atoms with Crippen molar-refractivity contribution >= 4 is 11.0 Å². The van der Waals surface area contributed by atoms with Crippen molar-refractivity contribution < 1.29 is 5.11 Å². The Morgan fingerprint density at radius 3 is 2.13 bits per heavy atom. The van der Waals surface area contributed by atoms with Crippen molar-refractivity contribution in [1.82, 2.24) is 15.0 Å². The standard InChI is InChI=1S/C12H9N3O.C6H6O/c16-12-10-9(6-7-13-10)14-11(15-12)8-4-2-1-3-5-8;7-6-4-2-1-3-5-6/h1-7,13H,(H,14,15,16);1-5,7H. The number of aromatic hydroxyl groups is 1. The highest BCUT2D eigenvalue weighted by Gasteiger charge is 2.05. The number of aromatic nitrogens is 3. The zero-order valence-corrected chi connectivity index (χ0v) is 12.2. The van der Waals surface area contributed by atoms with Crippen molar-refractivity contribution in [2.45, 2.75) is 0 Å². The van der Waals surface area contributed by atoms with Gasteiger partial charge < -0.3 is 15.1 Å². The summed E-state index contributed by atoms with van der Waals surface area (Å²) in [5, 5.41) is 8.63. The van der Waals surface area contributed by atoms with Crippen LogP contribution in [0.5, 0.6) is 5.75 Å². The summed E-state index contributed by atoms with van der Waals surface area (Å²) in [4.78, 5) is 21.7. The predicted molar refractivity (Wildman–Crippen MR) is 90.3 cm³/mol. The third-order valence-corrected chi connectivity index (χ3v) is 3.22. The van der Waals surface area contributed by atoms with Crippen molar-refractivity contribution in [2.75, 3.05) is 0 Å². The molecule has 0 saturated carbocycles.